The van der Waals surface area contributed by atoms with Gasteiger partial charge in [-0.3, -0.25) is 4.79 Å². The van der Waals surface area contributed by atoms with Crippen molar-refractivity contribution in [1.29, 1.82) is 0 Å². The van der Waals surface area contributed by atoms with Crippen molar-refractivity contribution in [2.24, 2.45) is 11.8 Å². The lowest BCUT2D eigenvalue weighted by molar-refractivity contribution is -0.0727. The van der Waals surface area contributed by atoms with Crippen LogP contribution in [0.5, 0.6) is 0 Å². The van der Waals surface area contributed by atoms with Crippen molar-refractivity contribution in [1.82, 2.24) is 9.97 Å². The first kappa shape index (κ1) is 30.5. The van der Waals surface area contributed by atoms with Gasteiger partial charge in [0.2, 0.25) is 0 Å². The average molecular weight is 628 g/mol. The van der Waals surface area contributed by atoms with Gasteiger partial charge in [0.25, 0.3) is 5.91 Å². The summed E-state index contributed by atoms with van der Waals surface area (Å²) in [7, 11) is -4.12. The van der Waals surface area contributed by atoms with Crippen LogP contribution < -0.4 is 5.32 Å². The Hall–Kier alpha value is -2.97. The van der Waals surface area contributed by atoms with Crippen molar-refractivity contribution in [3.05, 3.63) is 76.1 Å². The summed E-state index contributed by atoms with van der Waals surface area (Å²) < 4.78 is 68.1. The summed E-state index contributed by atoms with van der Waals surface area (Å²) in [5, 5.41) is 33.5. The zero-order chi connectivity index (χ0) is 30.8. The predicted molar refractivity (Wildman–Crippen MR) is 146 cm³/mol. The minimum atomic E-state index is -4.12. The highest BCUT2D eigenvalue weighted by Gasteiger charge is 2.58. The normalized spacial score (nSPS) is 24.9. The maximum atomic E-state index is 13.8. The fourth-order valence-electron chi connectivity index (χ4n) is 6.07. The Kier molecular flexibility index (Phi) is 7.72. The second-order valence-electron chi connectivity index (χ2n) is 11.5. The van der Waals surface area contributed by atoms with Crippen LogP contribution in [-0.2, 0) is 15.4 Å². The molecule has 0 saturated heterocycles. The lowest BCUT2D eigenvalue weighted by Crippen LogP contribution is -2.46. The number of nitrogens with zero attached hydrogens (tertiary/aromatic N) is 1. The molecule has 9 nitrogen and oxygen atoms in total. The van der Waals surface area contributed by atoms with E-state index in [2.05, 4.69) is 15.3 Å². The molecule has 2 aliphatic carbocycles. The Morgan fingerprint density at radius 3 is 2.31 bits per heavy atom. The molecule has 226 valence electrons. The summed E-state index contributed by atoms with van der Waals surface area (Å²) in [6, 6.07) is 4.73. The number of nitrogens with one attached hydrogen (secondary N) is 2. The largest absolute Gasteiger partial charge is 0.387 e. The molecule has 0 spiro atoms. The molecule has 2 fully saturated rings. The predicted octanol–water partition coefficient (Wildman–Crippen LogP) is 4.39. The van der Waals surface area contributed by atoms with Crippen molar-refractivity contribution in [2.45, 2.75) is 67.0 Å². The Morgan fingerprint density at radius 2 is 1.74 bits per heavy atom. The van der Waals surface area contributed by atoms with Crippen molar-refractivity contribution < 1.29 is 41.7 Å². The number of anilines is 1. The van der Waals surface area contributed by atoms with Crippen LogP contribution >= 0.6 is 11.6 Å². The molecule has 0 aliphatic heterocycles. The number of carbonyl (C=O) groups is 1. The number of carbonyl (C=O) groups excluding carboxylic acids is 1. The van der Waals surface area contributed by atoms with Gasteiger partial charge in [-0.1, -0.05) is 11.6 Å². The van der Waals surface area contributed by atoms with Gasteiger partial charge in [-0.15, -0.1) is 0 Å². The molecule has 2 aromatic carbocycles. The molecule has 3 unspecified atom stereocenters. The molecule has 2 aliphatic rings. The summed E-state index contributed by atoms with van der Waals surface area (Å²) in [6.07, 6.45) is 1.24. The third-order valence-electron chi connectivity index (χ3n) is 8.32. The van der Waals surface area contributed by atoms with Gasteiger partial charge in [-0.05, 0) is 69.6 Å². The van der Waals surface area contributed by atoms with E-state index in [4.69, 9.17) is 11.6 Å². The Morgan fingerprint density at radius 1 is 1.14 bits per heavy atom. The molecule has 14 heteroatoms. The lowest BCUT2D eigenvalue weighted by atomic mass is 9.74. The molecule has 42 heavy (non-hydrogen) atoms. The minimum absolute atomic E-state index is 0.0697. The topological polar surface area (TPSA) is 153 Å². The summed E-state index contributed by atoms with van der Waals surface area (Å²) >= 11 is 6.27. The number of hydrogen-bond donors (Lipinski definition) is 5. The van der Waals surface area contributed by atoms with E-state index in [1.54, 1.807) is 0 Å². The second kappa shape index (κ2) is 10.6. The fraction of sp³-hybridized carbons (Fsp3) is 0.429. The first-order chi connectivity index (χ1) is 19.5. The minimum Gasteiger partial charge on any atom is -0.387 e. The Labute approximate surface area is 244 Å². The summed E-state index contributed by atoms with van der Waals surface area (Å²) in [6.45, 7) is 2.86. The average Bonchev–Trinajstić information content (AvgIpc) is 3.44. The molecule has 2 saturated carbocycles. The van der Waals surface area contributed by atoms with E-state index in [-0.39, 0.29) is 45.5 Å². The molecule has 5 N–H and O–H groups in total. The number of H-pyrrole nitrogens is 1. The molecule has 5 rings (SSSR count). The third kappa shape index (κ3) is 5.21. The molecule has 3 atom stereocenters. The van der Waals surface area contributed by atoms with E-state index in [0.29, 0.717) is 25.0 Å². The van der Waals surface area contributed by atoms with Gasteiger partial charge in [0.05, 0.1) is 32.7 Å². The van der Waals surface area contributed by atoms with Crippen LogP contribution in [-0.4, -0.2) is 50.5 Å². The molecule has 2 bridgehead atoms. The van der Waals surface area contributed by atoms with Crippen LogP contribution in [0.1, 0.15) is 67.5 Å². The van der Waals surface area contributed by atoms with Crippen LogP contribution in [0.2, 0.25) is 5.02 Å². The van der Waals surface area contributed by atoms with E-state index in [9.17, 15) is 41.7 Å². The van der Waals surface area contributed by atoms with Crippen molar-refractivity contribution in [2.75, 3.05) is 5.32 Å². The van der Waals surface area contributed by atoms with Gasteiger partial charge in [0.1, 0.15) is 17.5 Å². The van der Waals surface area contributed by atoms with Gasteiger partial charge < -0.3 is 25.6 Å². The SMILES string of the molecule is CC(C)(O)C(O)c1cnc([C@]2(O)C3CCC2C[C@@H](S(=O)(=O)c2cc(C(=O)Nc4cc(F)c(F)c(F)c4)ccc2Cl)C3)[nH]1. The summed E-state index contributed by atoms with van der Waals surface area (Å²) in [5.74, 6) is -6.40. The molecule has 1 amide bonds. The van der Waals surface area contributed by atoms with E-state index < -0.39 is 67.6 Å². The maximum absolute atomic E-state index is 13.8. The van der Waals surface area contributed by atoms with E-state index in [0.717, 1.165) is 6.07 Å². The monoisotopic (exact) mass is 627 g/mol. The first-order valence-corrected chi connectivity index (χ1v) is 15.1. The van der Waals surface area contributed by atoms with Crippen LogP contribution in [0.4, 0.5) is 18.9 Å². The number of fused-ring (bicyclic) bond motifs is 2. The smallest absolute Gasteiger partial charge is 0.255 e. The molecule has 1 aromatic heterocycles. The van der Waals surface area contributed by atoms with Crippen molar-refractivity contribution >= 4 is 33.0 Å². The number of sulfone groups is 1. The van der Waals surface area contributed by atoms with Crippen LogP contribution in [0.3, 0.4) is 0 Å². The quantitative estimate of drug-likeness (QED) is 0.244. The number of halogens is 4. The number of benzene rings is 2. The van der Waals surface area contributed by atoms with Gasteiger partial charge in [-0.2, -0.15) is 0 Å². The Balaban J connectivity index is 1.38. The number of amides is 1. The highest BCUT2D eigenvalue weighted by Crippen LogP contribution is 2.56. The highest BCUT2D eigenvalue weighted by molar-refractivity contribution is 7.92. The van der Waals surface area contributed by atoms with Crippen LogP contribution in [0, 0.1) is 29.3 Å². The number of imidazole rings is 1. The van der Waals surface area contributed by atoms with Gasteiger partial charge >= 0.3 is 0 Å². The molecular weight excluding hydrogens is 599 g/mol. The van der Waals surface area contributed by atoms with Crippen molar-refractivity contribution in [3.8, 4) is 0 Å². The molecule has 0 radical (unpaired) electrons. The van der Waals surface area contributed by atoms with Gasteiger partial charge in [0.15, 0.2) is 27.3 Å². The zero-order valence-corrected chi connectivity index (χ0v) is 24.1. The molecule has 1 heterocycles. The summed E-state index contributed by atoms with van der Waals surface area (Å²) in [5.41, 5.74) is -3.25. The van der Waals surface area contributed by atoms with Gasteiger partial charge in [0, 0.05) is 23.4 Å². The van der Waals surface area contributed by atoms with Gasteiger partial charge in [-0.25, -0.2) is 26.6 Å². The van der Waals surface area contributed by atoms with Crippen molar-refractivity contribution in [3.63, 3.8) is 0 Å². The Bertz CT molecular complexity index is 1620. The van der Waals surface area contributed by atoms with E-state index >= 15 is 0 Å². The fourth-order valence-corrected chi connectivity index (χ4v) is 8.48. The lowest BCUT2D eigenvalue weighted by Gasteiger charge is -2.41. The van der Waals surface area contributed by atoms with Crippen LogP contribution in [0.25, 0.3) is 0 Å². The molecule has 3 aromatic rings. The summed E-state index contributed by atoms with van der Waals surface area (Å²) in [4.78, 5) is 19.7. The first-order valence-electron chi connectivity index (χ1n) is 13.2. The number of aromatic nitrogens is 2. The number of aromatic amines is 1. The standard InChI is InChI=1S/C28H29ClF3N3O6S/c1-27(2,38)24(36)21-12-33-26(35-21)28(39)14-4-5-15(28)9-17(8-14)42(40,41)22-7-13(3-6-18(22)29)25(37)34-16-10-19(30)23(32)20(31)11-16/h3,6-7,10-12,14-15,17,24,36,38-39H,4-5,8-9H2,1-2H3,(H,33,35)(H,34,37)/t14?,15?,17-,24?,28-. The number of hydrogen-bond acceptors (Lipinski definition) is 7. The van der Waals surface area contributed by atoms with Crippen LogP contribution in [0.15, 0.2) is 41.4 Å². The highest BCUT2D eigenvalue weighted by atomic mass is 35.5. The number of rotatable bonds is 7. The zero-order valence-electron chi connectivity index (χ0n) is 22.5. The third-order valence-corrected chi connectivity index (χ3v) is 11.0. The number of aliphatic hydroxyl groups excluding tert-OH is 1. The molecular formula is C28H29ClF3N3O6S. The number of aliphatic hydroxyl groups is 3. The second-order valence-corrected chi connectivity index (χ2v) is 14.1. The van der Waals surface area contributed by atoms with E-state index in [1.807, 2.05) is 0 Å². The van der Waals surface area contributed by atoms with E-state index in [1.165, 1.54) is 32.2 Å². The maximum Gasteiger partial charge on any atom is 0.255 e.